The predicted octanol–water partition coefficient (Wildman–Crippen LogP) is 16.9. The number of fused-ring (bicyclic) bond motifs is 8. The van der Waals surface area contributed by atoms with Crippen molar-refractivity contribution >= 4 is 82.9 Å². The van der Waals surface area contributed by atoms with Gasteiger partial charge in [0.25, 0.3) is 0 Å². The summed E-state index contributed by atoms with van der Waals surface area (Å²) in [4.78, 5) is 2.44. The van der Waals surface area contributed by atoms with E-state index in [4.69, 9.17) is 8.83 Å². The first kappa shape index (κ1) is 35.3. The summed E-state index contributed by atoms with van der Waals surface area (Å²) >= 11 is 0. The predicted molar refractivity (Wildman–Crippen MR) is 257 cm³/mol. The lowest BCUT2D eigenvalue weighted by Crippen LogP contribution is -2.12. The van der Waals surface area contributed by atoms with Crippen molar-refractivity contribution in [2.24, 2.45) is 0 Å². The zero-order valence-corrected chi connectivity index (χ0v) is 33.6. The fraction of sp³-hybridized carbons (Fsp3) is 0.0690. The molecule has 0 saturated carbocycles. The van der Waals surface area contributed by atoms with Crippen molar-refractivity contribution < 1.29 is 8.83 Å². The molecule has 0 spiro atoms. The fourth-order valence-electron chi connectivity index (χ4n) is 9.58. The van der Waals surface area contributed by atoms with Crippen LogP contribution in [-0.2, 0) is 0 Å². The number of allylic oxidation sites excluding steroid dienone is 8. The molecule has 10 aromatic rings. The second-order valence-corrected chi connectivity index (χ2v) is 16.2. The number of nitrogens with zero attached hydrogens (tertiary/aromatic N) is 1. The highest BCUT2D eigenvalue weighted by Crippen LogP contribution is 2.47. The van der Waals surface area contributed by atoms with Crippen molar-refractivity contribution in [3.8, 4) is 22.3 Å². The number of para-hydroxylation sites is 2. The van der Waals surface area contributed by atoms with E-state index in [9.17, 15) is 0 Å². The Morgan fingerprint density at radius 1 is 0.426 bits per heavy atom. The van der Waals surface area contributed by atoms with Crippen LogP contribution in [0, 0.1) is 0 Å². The SMILES string of the molecule is C1=CCCC(c2cc3oc4c5ccccc5c(-c5ccccc5)cc4c3cc2N(c2ccc(C3=CCCC=C3)cc2)c2ccc(-c3cccc4c3oc3ccccc34)cc2)=C1. The largest absolute Gasteiger partial charge is 0.455 e. The quantitative estimate of drug-likeness (QED) is 0.161. The number of rotatable bonds is 7. The molecule has 0 amide bonds. The first-order valence-corrected chi connectivity index (χ1v) is 21.4. The van der Waals surface area contributed by atoms with E-state index in [1.165, 1.54) is 38.8 Å². The minimum absolute atomic E-state index is 0.889. The molecule has 2 heterocycles. The lowest BCUT2D eigenvalue weighted by molar-refractivity contribution is 0.670. The first-order valence-electron chi connectivity index (χ1n) is 21.4. The van der Waals surface area contributed by atoms with Crippen molar-refractivity contribution in [2.75, 3.05) is 4.90 Å². The van der Waals surface area contributed by atoms with Crippen LogP contribution in [0.3, 0.4) is 0 Å². The van der Waals surface area contributed by atoms with E-state index < -0.39 is 0 Å². The topological polar surface area (TPSA) is 29.5 Å². The summed E-state index contributed by atoms with van der Waals surface area (Å²) in [5.41, 5.74) is 16.4. The number of furan rings is 2. The summed E-state index contributed by atoms with van der Waals surface area (Å²) in [7, 11) is 0. The smallest absolute Gasteiger partial charge is 0.143 e. The van der Waals surface area contributed by atoms with Crippen LogP contribution in [0.2, 0.25) is 0 Å². The molecule has 2 aliphatic carbocycles. The average Bonchev–Trinajstić information content (AvgIpc) is 3.91. The fourth-order valence-corrected chi connectivity index (χ4v) is 9.58. The van der Waals surface area contributed by atoms with Crippen LogP contribution in [-0.4, -0.2) is 0 Å². The van der Waals surface area contributed by atoms with Gasteiger partial charge in [0.1, 0.15) is 22.3 Å². The Morgan fingerprint density at radius 3 is 1.89 bits per heavy atom. The molecule has 0 saturated heterocycles. The van der Waals surface area contributed by atoms with E-state index in [1.807, 2.05) is 12.1 Å². The van der Waals surface area contributed by atoms with E-state index in [2.05, 4.69) is 193 Å². The van der Waals surface area contributed by atoms with Crippen molar-refractivity contribution in [2.45, 2.75) is 25.7 Å². The maximum absolute atomic E-state index is 6.95. The Labute approximate surface area is 354 Å². The standard InChI is InChI=1S/C58H41NO2/c1-4-15-38(16-5-1)39-27-31-43(32-28-39)59(44-33-29-42(30-34-44)45-24-14-25-49-47-22-12-13-26-55(47)60-57(45)49)54-36-52-53-35-50(40-17-6-2-7-18-40)46-21-10-11-23-48(46)58(53)61-56(52)37-51(54)41-19-8-3-9-20-41/h2-4,6-8,10-19,21-37H,1,5,9,20H2. The van der Waals surface area contributed by atoms with Gasteiger partial charge in [-0.3, -0.25) is 0 Å². The van der Waals surface area contributed by atoms with E-state index >= 15 is 0 Å². The molecule has 3 heteroatoms. The number of benzene rings is 8. The van der Waals surface area contributed by atoms with Gasteiger partial charge in [0.2, 0.25) is 0 Å². The maximum Gasteiger partial charge on any atom is 0.143 e. The Morgan fingerprint density at radius 2 is 1.11 bits per heavy atom. The Kier molecular flexibility index (Phi) is 8.45. The molecule has 8 aromatic carbocycles. The second kappa shape index (κ2) is 14.6. The van der Waals surface area contributed by atoms with Gasteiger partial charge >= 0.3 is 0 Å². The molecule has 0 N–H and O–H groups in total. The molecular formula is C58H41NO2. The molecule has 0 bridgehead atoms. The molecule has 290 valence electrons. The van der Waals surface area contributed by atoms with Crippen LogP contribution < -0.4 is 4.90 Å². The highest BCUT2D eigenvalue weighted by atomic mass is 16.3. The molecular weight excluding hydrogens is 743 g/mol. The highest BCUT2D eigenvalue weighted by molar-refractivity contribution is 6.20. The van der Waals surface area contributed by atoms with Gasteiger partial charge in [-0.1, -0.05) is 152 Å². The number of hydrogen-bond donors (Lipinski definition) is 0. The minimum Gasteiger partial charge on any atom is -0.455 e. The van der Waals surface area contributed by atoms with Crippen molar-refractivity contribution in [3.63, 3.8) is 0 Å². The maximum atomic E-state index is 6.95. The van der Waals surface area contributed by atoms with E-state index in [0.29, 0.717) is 0 Å². The molecule has 0 fully saturated rings. The van der Waals surface area contributed by atoms with Crippen LogP contribution in [0.4, 0.5) is 17.1 Å². The van der Waals surface area contributed by atoms with Gasteiger partial charge in [0.15, 0.2) is 0 Å². The first-order chi connectivity index (χ1) is 30.2. The zero-order valence-electron chi connectivity index (χ0n) is 33.6. The lowest BCUT2D eigenvalue weighted by Gasteiger charge is -2.29. The normalized spacial score (nSPS) is 14.0. The molecule has 2 aliphatic rings. The van der Waals surface area contributed by atoms with Crippen LogP contribution in [0.15, 0.2) is 209 Å². The third-order valence-corrected chi connectivity index (χ3v) is 12.6. The van der Waals surface area contributed by atoms with Gasteiger partial charge in [-0.05, 0) is 113 Å². The van der Waals surface area contributed by atoms with Gasteiger partial charge in [0, 0.05) is 49.4 Å². The Bertz CT molecular complexity index is 3450. The van der Waals surface area contributed by atoms with Gasteiger partial charge in [-0.15, -0.1) is 0 Å². The molecule has 0 radical (unpaired) electrons. The summed E-state index contributed by atoms with van der Waals surface area (Å²) in [6, 6.07) is 59.2. The number of hydrogen-bond acceptors (Lipinski definition) is 3. The van der Waals surface area contributed by atoms with Crippen LogP contribution in [0.5, 0.6) is 0 Å². The second-order valence-electron chi connectivity index (χ2n) is 16.2. The van der Waals surface area contributed by atoms with Crippen molar-refractivity contribution in [1.29, 1.82) is 0 Å². The summed E-state index contributed by atoms with van der Waals surface area (Å²) in [5.74, 6) is 0. The molecule has 61 heavy (non-hydrogen) atoms. The van der Waals surface area contributed by atoms with E-state index in [1.54, 1.807) is 0 Å². The van der Waals surface area contributed by atoms with Crippen LogP contribution in [0.25, 0.3) is 88.0 Å². The van der Waals surface area contributed by atoms with E-state index in [0.717, 1.165) is 103 Å². The van der Waals surface area contributed by atoms with Gasteiger partial charge in [-0.25, -0.2) is 0 Å². The minimum atomic E-state index is 0.889. The van der Waals surface area contributed by atoms with Crippen LogP contribution in [0.1, 0.15) is 36.8 Å². The third kappa shape index (κ3) is 6.04. The lowest BCUT2D eigenvalue weighted by atomic mass is 9.92. The molecule has 12 rings (SSSR count). The molecule has 0 atom stereocenters. The van der Waals surface area contributed by atoms with Gasteiger partial charge < -0.3 is 13.7 Å². The number of anilines is 3. The average molecular weight is 784 g/mol. The van der Waals surface area contributed by atoms with Crippen molar-refractivity contribution in [3.05, 3.63) is 211 Å². The molecule has 0 aliphatic heterocycles. The van der Waals surface area contributed by atoms with Crippen LogP contribution >= 0.6 is 0 Å². The van der Waals surface area contributed by atoms with E-state index in [-0.39, 0.29) is 0 Å². The summed E-state index contributed by atoms with van der Waals surface area (Å²) < 4.78 is 13.4. The highest BCUT2D eigenvalue weighted by Gasteiger charge is 2.24. The monoisotopic (exact) mass is 783 g/mol. The third-order valence-electron chi connectivity index (χ3n) is 12.6. The summed E-state index contributed by atoms with van der Waals surface area (Å²) in [5, 5.41) is 6.77. The van der Waals surface area contributed by atoms with Gasteiger partial charge in [0.05, 0.1) is 5.69 Å². The Hall–Kier alpha value is -7.62. The zero-order chi connectivity index (χ0) is 40.3. The van der Waals surface area contributed by atoms with Crippen molar-refractivity contribution in [1.82, 2.24) is 0 Å². The summed E-state index contributed by atoms with van der Waals surface area (Å²) in [6.07, 6.45) is 17.7. The van der Waals surface area contributed by atoms with Gasteiger partial charge in [-0.2, -0.15) is 0 Å². The molecule has 3 nitrogen and oxygen atoms in total. The Balaban J connectivity index is 1.08. The molecule has 0 unspecified atom stereocenters. The molecule has 2 aromatic heterocycles. The summed E-state index contributed by atoms with van der Waals surface area (Å²) in [6.45, 7) is 0.